The molecule has 1 amide bonds. The number of anilines is 2. The van der Waals surface area contributed by atoms with Gasteiger partial charge in [0.2, 0.25) is 5.91 Å². The number of benzene rings is 2. The lowest BCUT2D eigenvalue weighted by molar-refractivity contribution is -0.120. The highest BCUT2D eigenvalue weighted by Gasteiger charge is 2.27. The molecule has 166 valence electrons. The number of hydrogen-bond acceptors (Lipinski definition) is 6. The predicted molar refractivity (Wildman–Crippen MR) is 126 cm³/mol. The van der Waals surface area contributed by atoms with Crippen LogP contribution in [0.15, 0.2) is 54.6 Å². The molecule has 1 aliphatic heterocycles. The van der Waals surface area contributed by atoms with Gasteiger partial charge in [0.05, 0.1) is 31.5 Å². The summed E-state index contributed by atoms with van der Waals surface area (Å²) in [6, 6.07) is 16.7. The number of hydrogen-bond donors (Lipinski definition) is 1. The van der Waals surface area contributed by atoms with Crippen LogP contribution in [0.5, 0.6) is 11.5 Å². The van der Waals surface area contributed by atoms with E-state index in [9.17, 15) is 4.79 Å². The summed E-state index contributed by atoms with van der Waals surface area (Å²) in [5.41, 5.74) is 2.33. The first-order chi connectivity index (χ1) is 15.6. The van der Waals surface area contributed by atoms with Crippen molar-refractivity contribution < 1.29 is 14.3 Å². The van der Waals surface area contributed by atoms with Gasteiger partial charge in [-0.2, -0.15) is 0 Å². The summed E-state index contributed by atoms with van der Waals surface area (Å²) in [5.74, 6) is 1.79. The van der Waals surface area contributed by atoms with Gasteiger partial charge in [0.15, 0.2) is 5.82 Å². The minimum atomic E-state index is -0.169. The number of carbonyl (C=O) groups excluding carboxylic acids is 1. The van der Waals surface area contributed by atoms with Gasteiger partial charge in [0.25, 0.3) is 0 Å². The van der Waals surface area contributed by atoms with Gasteiger partial charge in [-0.15, -0.1) is 10.2 Å². The van der Waals surface area contributed by atoms with E-state index in [-0.39, 0.29) is 11.8 Å². The molecule has 1 N–H and O–H groups in total. The van der Waals surface area contributed by atoms with Gasteiger partial charge in [0.1, 0.15) is 11.5 Å². The average molecular weight is 453 g/mol. The Morgan fingerprint density at radius 3 is 2.56 bits per heavy atom. The van der Waals surface area contributed by atoms with Crippen molar-refractivity contribution in [3.63, 3.8) is 0 Å². The van der Waals surface area contributed by atoms with E-state index in [0.717, 1.165) is 36.5 Å². The molecule has 1 unspecified atom stereocenters. The number of aromatic nitrogens is 2. The second kappa shape index (κ2) is 9.87. The van der Waals surface area contributed by atoms with Crippen LogP contribution in [0.25, 0.3) is 11.3 Å². The zero-order chi connectivity index (χ0) is 22.5. The normalized spacial score (nSPS) is 15.8. The van der Waals surface area contributed by atoms with Crippen LogP contribution < -0.4 is 19.7 Å². The first-order valence-corrected chi connectivity index (χ1v) is 10.8. The smallest absolute Gasteiger partial charge is 0.229 e. The molecule has 1 saturated heterocycles. The number of piperidine rings is 1. The van der Waals surface area contributed by atoms with Crippen molar-refractivity contribution in [1.29, 1.82) is 0 Å². The molecule has 32 heavy (non-hydrogen) atoms. The minimum Gasteiger partial charge on any atom is -0.497 e. The zero-order valence-electron chi connectivity index (χ0n) is 18.0. The monoisotopic (exact) mass is 452 g/mol. The van der Waals surface area contributed by atoms with Gasteiger partial charge in [-0.05, 0) is 49.2 Å². The molecule has 8 heteroatoms. The summed E-state index contributed by atoms with van der Waals surface area (Å²) in [4.78, 5) is 15.1. The topological polar surface area (TPSA) is 76.6 Å². The number of halogens is 1. The largest absolute Gasteiger partial charge is 0.497 e. The molecule has 2 heterocycles. The van der Waals surface area contributed by atoms with Crippen LogP contribution in [-0.2, 0) is 4.79 Å². The quantitative estimate of drug-likeness (QED) is 0.585. The highest BCUT2D eigenvalue weighted by atomic mass is 35.5. The molecule has 0 radical (unpaired) electrons. The van der Waals surface area contributed by atoms with Crippen molar-refractivity contribution in [2.24, 2.45) is 5.92 Å². The summed E-state index contributed by atoms with van der Waals surface area (Å²) in [6.07, 6.45) is 1.71. The molecule has 0 aliphatic carbocycles. The molecular weight excluding hydrogens is 428 g/mol. The highest BCUT2D eigenvalue weighted by molar-refractivity contribution is 6.30. The third kappa shape index (κ3) is 4.94. The van der Waals surface area contributed by atoms with Crippen LogP contribution >= 0.6 is 11.6 Å². The number of nitrogens with zero attached hydrogens (tertiary/aromatic N) is 3. The van der Waals surface area contributed by atoms with Crippen molar-refractivity contribution in [2.45, 2.75) is 12.8 Å². The Hall–Kier alpha value is -3.32. The molecule has 4 rings (SSSR count). The zero-order valence-corrected chi connectivity index (χ0v) is 18.8. The molecule has 7 nitrogen and oxygen atoms in total. The second-order valence-corrected chi connectivity index (χ2v) is 8.06. The van der Waals surface area contributed by atoms with Crippen molar-refractivity contribution in [3.05, 3.63) is 59.6 Å². The van der Waals surface area contributed by atoms with Crippen LogP contribution in [0.1, 0.15) is 12.8 Å². The van der Waals surface area contributed by atoms with E-state index < -0.39 is 0 Å². The standard InChI is InChI=1S/C24H25ClN4O3/c1-31-19-9-11-22(32-2)21(14-19)26-24(30)17-4-3-13-29(15-17)23-12-10-20(27-28-23)16-5-7-18(25)8-6-16/h5-12,14,17H,3-4,13,15H2,1-2H3,(H,26,30). The number of methoxy groups -OCH3 is 2. The average Bonchev–Trinajstić information content (AvgIpc) is 2.84. The Bertz CT molecular complexity index is 1070. The summed E-state index contributed by atoms with van der Waals surface area (Å²) < 4.78 is 10.6. The first-order valence-electron chi connectivity index (χ1n) is 10.4. The number of amides is 1. The maximum Gasteiger partial charge on any atom is 0.229 e. The van der Waals surface area contributed by atoms with Gasteiger partial charge >= 0.3 is 0 Å². The van der Waals surface area contributed by atoms with Crippen molar-refractivity contribution in [3.8, 4) is 22.8 Å². The minimum absolute atomic E-state index is 0.0491. The molecule has 0 bridgehead atoms. The van der Waals surface area contributed by atoms with E-state index >= 15 is 0 Å². The lowest BCUT2D eigenvalue weighted by atomic mass is 9.97. The lowest BCUT2D eigenvalue weighted by Crippen LogP contribution is -2.41. The molecule has 1 fully saturated rings. The number of ether oxygens (including phenoxy) is 2. The predicted octanol–water partition coefficient (Wildman–Crippen LogP) is 4.67. The van der Waals surface area contributed by atoms with Gasteiger partial charge in [-0.3, -0.25) is 4.79 Å². The summed E-state index contributed by atoms with van der Waals surface area (Å²) in [6.45, 7) is 1.41. The molecule has 2 aromatic carbocycles. The summed E-state index contributed by atoms with van der Waals surface area (Å²) in [7, 11) is 3.16. The van der Waals surface area contributed by atoms with Gasteiger partial charge in [-0.25, -0.2) is 0 Å². The Morgan fingerprint density at radius 2 is 1.88 bits per heavy atom. The summed E-state index contributed by atoms with van der Waals surface area (Å²) in [5, 5.41) is 12.4. The Kier molecular flexibility index (Phi) is 6.75. The van der Waals surface area contributed by atoms with Crippen molar-refractivity contribution in [1.82, 2.24) is 10.2 Å². The summed E-state index contributed by atoms with van der Waals surface area (Å²) >= 11 is 5.96. The van der Waals surface area contributed by atoms with E-state index in [4.69, 9.17) is 21.1 Å². The van der Waals surface area contributed by atoms with E-state index in [0.29, 0.717) is 28.8 Å². The van der Waals surface area contributed by atoms with E-state index in [1.807, 2.05) is 36.4 Å². The number of nitrogens with one attached hydrogen (secondary N) is 1. The van der Waals surface area contributed by atoms with Crippen LogP contribution in [0.2, 0.25) is 5.02 Å². The third-order valence-electron chi connectivity index (χ3n) is 5.57. The SMILES string of the molecule is COc1ccc(OC)c(NC(=O)C2CCCN(c3ccc(-c4ccc(Cl)cc4)nn3)C2)c1. The Balaban J connectivity index is 1.44. The van der Waals surface area contributed by atoms with Crippen molar-refractivity contribution in [2.75, 3.05) is 37.5 Å². The van der Waals surface area contributed by atoms with E-state index in [1.165, 1.54) is 0 Å². The number of rotatable bonds is 6. The highest BCUT2D eigenvalue weighted by Crippen LogP contribution is 2.30. The number of carbonyl (C=O) groups is 1. The Labute approximate surface area is 192 Å². The van der Waals surface area contributed by atoms with Gasteiger partial charge < -0.3 is 19.7 Å². The molecular formula is C24H25ClN4O3. The van der Waals surface area contributed by atoms with E-state index in [2.05, 4.69) is 20.4 Å². The molecule has 0 saturated carbocycles. The van der Waals surface area contributed by atoms with Crippen LogP contribution in [-0.4, -0.2) is 43.4 Å². The second-order valence-electron chi connectivity index (χ2n) is 7.62. The fraction of sp³-hybridized carbons (Fsp3) is 0.292. The van der Waals surface area contributed by atoms with Crippen LogP contribution in [0.3, 0.4) is 0 Å². The van der Waals surface area contributed by atoms with Gasteiger partial charge in [-0.1, -0.05) is 23.7 Å². The van der Waals surface area contributed by atoms with Crippen LogP contribution in [0, 0.1) is 5.92 Å². The fourth-order valence-electron chi connectivity index (χ4n) is 3.81. The van der Waals surface area contributed by atoms with Gasteiger partial charge in [0, 0.05) is 29.7 Å². The molecule has 0 spiro atoms. The van der Waals surface area contributed by atoms with Crippen molar-refractivity contribution >= 4 is 29.0 Å². The molecule has 1 atom stereocenters. The Morgan fingerprint density at radius 1 is 1.06 bits per heavy atom. The molecule has 1 aromatic heterocycles. The first kappa shape index (κ1) is 21.9. The van der Waals surface area contributed by atoms with E-state index in [1.54, 1.807) is 32.4 Å². The molecule has 3 aromatic rings. The maximum atomic E-state index is 13.0. The maximum absolute atomic E-state index is 13.0. The van der Waals surface area contributed by atoms with Crippen LogP contribution in [0.4, 0.5) is 11.5 Å². The third-order valence-corrected chi connectivity index (χ3v) is 5.82. The lowest BCUT2D eigenvalue weighted by Gasteiger charge is -2.32. The fourth-order valence-corrected chi connectivity index (χ4v) is 3.94. The molecule has 1 aliphatic rings.